The van der Waals surface area contributed by atoms with Crippen LogP contribution in [0.2, 0.25) is 0 Å². The number of hydrogen-bond donors (Lipinski definition) is 1. The van der Waals surface area contributed by atoms with Crippen molar-refractivity contribution >= 4 is 16.6 Å². The molecule has 27 heavy (non-hydrogen) atoms. The van der Waals surface area contributed by atoms with Crippen molar-refractivity contribution in [1.82, 2.24) is 9.88 Å². The van der Waals surface area contributed by atoms with Gasteiger partial charge in [0, 0.05) is 54.5 Å². The second-order valence-electron chi connectivity index (χ2n) is 7.82. The van der Waals surface area contributed by atoms with Gasteiger partial charge in [-0.15, -0.1) is 0 Å². The Balaban J connectivity index is 1.66. The number of fused-ring (bicyclic) bond motifs is 2. The van der Waals surface area contributed by atoms with Crippen molar-refractivity contribution < 1.29 is 4.74 Å². The summed E-state index contributed by atoms with van der Waals surface area (Å²) < 4.78 is 5.65. The van der Waals surface area contributed by atoms with E-state index in [0.717, 1.165) is 39.3 Å². The lowest BCUT2D eigenvalue weighted by Crippen LogP contribution is -2.39. The summed E-state index contributed by atoms with van der Waals surface area (Å²) in [6.45, 7) is 6.90. The lowest BCUT2D eigenvalue weighted by molar-refractivity contribution is 0.0241. The number of morpholine rings is 1. The van der Waals surface area contributed by atoms with Crippen LogP contribution in [0, 0.1) is 6.92 Å². The zero-order valence-electron chi connectivity index (χ0n) is 16.2. The Morgan fingerprint density at radius 2 is 1.85 bits per heavy atom. The van der Waals surface area contributed by atoms with E-state index in [-0.39, 0.29) is 6.04 Å². The summed E-state index contributed by atoms with van der Waals surface area (Å²) in [6, 6.07) is 16.0. The first-order chi connectivity index (χ1) is 13.2. The first kappa shape index (κ1) is 16.8. The fourth-order valence-electron chi connectivity index (χ4n) is 4.80. The number of benzene rings is 2. The van der Waals surface area contributed by atoms with E-state index in [0.29, 0.717) is 0 Å². The summed E-state index contributed by atoms with van der Waals surface area (Å²) in [4.78, 5) is 8.56. The van der Waals surface area contributed by atoms with Crippen molar-refractivity contribution in [1.29, 1.82) is 0 Å². The van der Waals surface area contributed by atoms with E-state index < -0.39 is 0 Å². The van der Waals surface area contributed by atoms with Crippen molar-refractivity contribution in [3.8, 4) is 0 Å². The number of nitrogens with one attached hydrogen (secondary N) is 1. The van der Waals surface area contributed by atoms with Crippen LogP contribution in [0.1, 0.15) is 28.4 Å². The summed E-state index contributed by atoms with van der Waals surface area (Å²) in [6.07, 6.45) is 1.14. The average molecular weight is 361 g/mol. The third kappa shape index (κ3) is 2.84. The van der Waals surface area contributed by atoms with Crippen molar-refractivity contribution in [3.05, 3.63) is 64.8 Å². The molecule has 0 amide bonds. The Bertz CT molecular complexity index is 971. The maximum atomic E-state index is 5.65. The van der Waals surface area contributed by atoms with Crippen LogP contribution < -0.4 is 4.90 Å². The van der Waals surface area contributed by atoms with Crippen LogP contribution in [-0.4, -0.2) is 49.8 Å². The first-order valence-corrected chi connectivity index (χ1v) is 9.95. The number of likely N-dealkylation sites (N-methyl/N-ethyl adjacent to an activating group) is 1. The van der Waals surface area contributed by atoms with Crippen molar-refractivity contribution in [2.24, 2.45) is 0 Å². The number of aromatic amines is 1. The van der Waals surface area contributed by atoms with Gasteiger partial charge in [-0.25, -0.2) is 0 Å². The van der Waals surface area contributed by atoms with Crippen molar-refractivity contribution in [2.45, 2.75) is 19.4 Å². The number of ether oxygens (including phenoxy) is 1. The smallest absolute Gasteiger partial charge is 0.0627 e. The highest BCUT2D eigenvalue weighted by Gasteiger charge is 2.29. The van der Waals surface area contributed by atoms with Crippen molar-refractivity contribution in [2.75, 3.05) is 44.8 Å². The predicted molar refractivity (Wildman–Crippen MR) is 111 cm³/mol. The molecule has 1 unspecified atom stereocenters. The standard InChI is InChI=1S/C23H27N3O/c1-16-22(19-5-3-4-6-20(19)24-16)23(26-11-13-27-14-12-26)18-7-8-21-17(15-18)9-10-25(21)2/h3-8,15,23-24H,9-14H2,1-2H3. The van der Waals surface area contributed by atoms with Gasteiger partial charge in [0.05, 0.1) is 19.3 Å². The molecule has 0 spiro atoms. The number of rotatable bonds is 3. The number of para-hydroxylation sites is 1. The van der Waals surface area contributed by atoms with Gasteiger partial charge >= 0.3 is 0 Å². The van der Waals surface area contributed by atoms with Gasteiger partial charge in [-0.05, 0) is 36.6 Å². The Kier molecular flexibility index (Phi) is 4.18. The van der Waals surface area contributed by atoms with Crippen molar-refractivity contribution in [3.63, 3.8) is 0 Å². The number of anilines is 1. The SMILES string of the molecule is Cc1[nH]c2ccccc2c1C(c1ccc2c(c1)CCN2C)N1CCOCC1. The van der Waals surface area contributed by atoms with E-state index in [1.165, 1.54) is 39.0 Å². The fraction of sp³-hybridized carbons (Fsp3) is 0.391. The minimum Gasteiger partial charge on any atom is -0.379 e. The van der Waals surface area contributed by atoms with Gasteiger partial charge < -0.3 is 14.6 Å². The predicted octanol–water partition coefficient (Wildman–Crippen LogP) is 3.89. The molecule has 2 aromatic carbocycles. The number of aryl methyl sites for hydroxylation is 1. The summed E-state index contributed by atoms with van der Waals surface area (Å²) in [7, 11) is 2.19. The molecule has 1 fully saturated rings. The minimum absolute atomic E-state index is 0.265. The molecule has 0 bridgehead atoms. The van der Waals surface area contributed by atoms with Gasteiger partial charge in [0.1, 0.15) is 0 Å². The third-order valence-corrected chi connectivity index (χ3v) is 6.17. The van der Waals surface area contributed by atoms with E-state index in [1.54, 1.807) is 0 Å². The van der Waals surface area contributed by atoms with E-state index in [2.05, 4.69) is 71.2 Å². The van der Waals surface area contributed by atoms with E-state index >= 15 is 0 Å². The summed E-state index contributed by atoms with van der Waals surface area (Å²) in [5, 5.41) is 1.34. The molecule has 0 aliphatic carbocycles. The molecule has 0 saturated carbocycles. The fourth-order valence-corrected chi connectivity index (χ4v) is 4.80. The van der Waals surface area contributed by atoms with Gasteiger partial charge in [-0.3, -0.25) is 4.90 Å². The molecule has 1 atom stereocenters. The zero-order chi connectivity index (χ0) is 18.4. The molecule has 1 saturated heterocycles. The molecule has 1 N–H and O–H groups in total. The lowest BCUT2D eigenvalue weighted by atomic mass is 9.92. The molecule has 2 aliphatic heterocycles. The molecule has 4 nitrogen and oxygen atoms in total. The minimum atomic E-state index is 0.265. The van der Waals surface area contributed by atoms with Crippen LogP contribution in [0.5, 0.6) is 0 Å². The Hall–Kier alpha value is -2.30. The molecular weight excluding hydrogens is 334 g/mol. The summed E-state index contributed by atoms with van der Waals surface area (Å²) in [5.41, 5.74) is 8.17. The van der Waals surface area contributed by atoms with Crippen LogP contribution >= 0.6 is 0 Å². The largest absolute Gasteiger partial charge is 0.379 e. The number of hydrogen-bond acceptors (Lipinski definition) is 3. The number of H-pyrrole nitrogens is 1. The lowest BCUT2D eigenvalue weighted by Gasteiger charge is -2.35. The topological polar surface area (TPSA) is 31.5 Å². The quantitative estimate of drug-likeness (QED) is 0.768. The second kappa shape index (κ2) is 6.70. The zero-order valence-corrected chi connectivity index (χ0v) is 16.2. The molecule has 4 heteroatoms. The van der Waals surface area contributed by atoms with Gasteiger partial charge in [0.2, 0.25) is 0 Å². The van der Waals surface area contributed by atoms with Crippen LogP contribution in [0.4, 0.5) is 5.69 Å². The van der Waals surface area contributed by atoms with E-state index in [9.17, 15) is 0 Å². The van der Waals surface area contributed by atoms with Crippen LogP contribution in [0.15, 0.2) is 42.5 Å². The molecule has 2 aliphatic rings. The molecule has 3 heterocycles. The monoisotopic (exact) mass is 361 g/mol. The Labute approximate surface area is 160 Å². The first-order valence-electron chi connectivity index (χ1n) is 9.95. The highest BCUT2D eigenvalue weighted by Crippen LogP contribution is 2.39. The highest BCUT2D eigenvalue weighted by atomic mass is 16.5. The Morgan fingerprint density at radius 1 is 1.04 bits per heavy atom. The van der Waals surface area contributed by atoms with E-state index in [1.807, 2.05) is 0 Å². The molecular formula is C23H27N3O. The molecule has 140 valence electrons. The Morgan fingerprint density at radius 3 is 2.70 bits per heavy atom. The van der Waals surface area contributed by atoms with E-state index in [4.69, 9.17) is 4.74 Å². The van der Waals surface area contributed by atoms with Crippen LogP contribution in [-0.2, 0) is 11.2 Å². The molecule has 0 radical (unpaired) electrons. The maximum Gasteiger partial charge on any atom is 0.0627 e. The van der Waals surface area contributed by atoms with Crippen LogP contribution in [0.25, 0.3) is 10.9 Å². The van der Waals surface area contributed by atoms with Gasteiger partial charge in [-0.2, -0.15) is 0 Å². The van der Waals surface area contributed by atoms with Gasteiger partial charge in [-0.1, -0.05) is 30.3 Å². The average Bonchev–Trinajstić information content (AvgIpc) is 3.23. The molecule has 3 aromatic rings. The normalized spacial score (nSPS) is 18.8. The van der Waals surface area contributed by atoms with Gasteiger partial charge in [0.25, 0.3) is 0 Å². The summed E-state index contributed by atoms with van der Waals surface area (Å²) in [5.74, 6) is 0. The number of nitrogens with zero attached hydrogens (tertiary/aromatic N) is 2. The van der Waals surface area contributed by atoms with Gasteiger partial charge in [0.15, 0.2) is 0 Å². The van der Waals surface area contributed by atoms with Crippen LogP contribution in [0.3, 0.4) is 0 Å². The molecule has 5 rings (SSSR count). The summed E-state index contributed by atoms with van der Waals surface area (Å²) >= 11 is 0. The number of aromatic nitrogens is 1. The molecule has 1 aromatic heterocycles. The third-order valence-electron chi connectivity index (χ3n) is 6.17. The second-order valence-corrected chi connectivity index (χ2v) is 7.82. The highest BCUT2D eigenvalue weighted by molar-refractivity contribution is 5.85. The maximum absolute atomic E-state index is 5.65.